The van der Waals surface area contributed by atoms with E-state index in [0.717, 1.165) is 29.4 Å². The van der Waals surface area contributed by atoms with Crippen molar-refractivity contribution in [2.24, 2.45) is 0 Å². The predicted octanol–water partition coefficient (Wildman–Crippen LogP) is 3.80. The maximum absolute atomic E-state index is 12.4. The number of thiophene rings is 1. The number of aromatic nitrogens is 1. The summed E-state index contributed by atoms with van der Waals surface area (Å²) < 4.78 is 0.988. The molecular formula is C14H16N2OS3. The number of thioether (sulfide) groups is 1. The van der Waals surface area contributed by atoms with Crippen LogP contribution in [-0.4, -0.2) is 27.6 Å². The van der Waals surface area contributed by atoms with Crippen LogP contribution in [0, 0.1) is 6.92 Å². The number of carbonyl (C=O) groups excluding carboxylic acids is 1. The number of thiazole rings is 1. The molecule has 0 spiro atoms. The van der Waals surface area contributed by atoms with Crippen LogP contribution in [0.4, 0.5) is 0 Å². The summed E-state index contributed by atoms with van der Waals surface area (Å²) >= 11 is 4.86. The summed E-state index contributed by atoms with van der Waals surface area (Å²) in [4.78, 5) is 18.8. The molecule has 0 N–H and O–H groups in total. The molecule has 20 heavy (non-hydrogen) atoms. The first kappa shape index (κ1) is 14.1. The Morgan fingerprint density at radius 2 is 2.35 bits per heavy atom. The van der Waals surface area contributed by atoms with Crippen molar-refractivity contribution in [2.45, 2.75) is 36.7 Å². The predicted molar refractivity (Wildman–Crippen MR) is 85.5 cm³/mol. The summed E-state index contributed by atoms with van der Waals surface area (Å²) in [6.45, 7) is 2.74. The van der Waals surface area contributed by atoms with Crippen molar-refractivity contribution in [3.05, 3.63) is 33.5 Å². The van der Waals surface area contributed by atoms with E-state index in [9.17, 15) is 4.79 Å². The van der Waals surface area contributed by atoms with Crippen molar-refractivity contribution in [1.29, 1.82) is 0 Å². The Hall–Kier alpha value is -0.850. The number of carbonyl (C=O) groups is 1. The lowest BCUT2D eigenvalue weighted by atomic mass is 10.3. The fraction of sp³-hybridized carbons (Fsp3) is 0.429. The van der Waals surface area contributed by atoms with E-state index in [0.29, 0.717) is 11.8 Å². The minimum atomic E-state index is 0.233. The van der Waals surface area contributed by atoms with Crippen molar-refractivity contribution in [3.63, 3.8) is 0 Å². The van der Waals surface area contributed by atoms with E-state index in [-0.39, 0.29) is 5.91 Å². The molecule has 0 aliphatic heterocycles. The Balaban J connectivity index is 1.58. The van der Waals surface area contributed by atoms with Gasteiger partial charge in [-0.05, 0) is 42.2 Å². The van der Waals surface area contributed by atoms with E-state index in [1.54, 1.807) is 34.4 Å². The highest BCUT2D eigenvalue weighted by atomic mass is 32.2. The number of hydrogen-bond donors (Lipinski definition) is 0. The van der Waals surface area contributed by atoms with Gasteiger partial charge in [-0.2, -0.15) is 11.3 Å². The second-order valence-electron chi connectivity index (χ2n) is 4.93. The Bertz CT molecular complexity index is 575. The fourth-order valence-corrected chi connectivity index (χ4v) is 4.39. The summed E-state index contributed by atoms with van der Waals surface area (Å²) in [5.74, 6) is 0.727. The van der Waals surface area contributed by atoms with E-state index in [1.807, 2.05) is 17.2 Å². The highest BCUT2D eigenvalue weighted by Crippen LogP contribution is 2.30. The van der Waals surface area contributed by atoms with Crippen LogP contribution in [-0.2, 0) is 11.3 Å². The van der Waals surface area contributed by atoms with Crippen LogP contribution in [0.2, 0.25) is 0 Å². The fourth-order valence-electron chi connectivity index (χ4n) is 1.99. The molecule has 0 atom stereocenters. The van der Waals surface area contributed by atoms with Crippen molar-refractivity contribution < 1.29 is 4.79 Å². The summed E-state index contributed by atoms with van der Waals surface area (Å²) in [5, 5.41) is 6.22. The van der Waals surface area contributed by atoms with Gasteiger partial charge in [0.1, 0.15) is 0 Å². The number of amides is 1. The van der Waals surface area contributed by atoms with Gasteiger partial charge in [0.05, 0.1) is 5.75 Å². The van der Waals surface area contributed by atoms with Gasteiger partial charge in [0, 0.05) is 23.7 Å². The molecule has 6 heteroatoms. The van der Waals surface area contributed by atoms with Gasteiger partial charge in [-0.3, -0.25) is 4.79 Å². The zero-order valence-corrected chi connectivity index (χ0v) is 13.7. The smallest absolute Gasteiger partial charge is 0.233 e. The van der Waals surface area contributed by atoms with Crippen molar-refractivity contribution in [2.75, 3.05) is 5.75 Å². The van der Waals surface area contributed by atoms with Gasteiger partial charge < -0.3 is 4.90 Å². The maximum Gasteiger partial charge on any atom is 0.233 e. The van der Waals surface area contributed by atoms with Crippen molar-refractivity contribution in [1.82, 2.24) is 9.88 Å². The van der Waals surface area contributed by atoms with Crippen LogP contribution in [0.25, 0.3) is 0 Å². The second-order valence-corrected chi connectivity index (χ2v) is 7.79. The van der Waals surface area contributed by atoms with Crippen LogP contribution >= 0.6 is 34.4 Å². The third-order valence-electron chi connectivity index (χ3n) is 3.16. The minimum absolute atomic E-state index is 0.233. The van der Waals surface area contributed by atoms with Crippen LogP contribution in [0.15, 0.2) is 26.5 Å². The van der Waals surface area contributed by atoms with E-state index < -0.39 is 0 Å². The molecule has 1 aliphatic carbocycles. The number of aryl methyl sites for hydroxylation is 1. The summed E-state index contributed by atoms with van der Waals surface area (Å²) in [7, 11) is 0. The molecule has 0 aromatic carbocycles. The minimum Gasteiger partial charge on any atom is -0.335 e. The lowest BCUT2D eigenvalue weighted by Crippen LogP contribution is -2.33. The number of rotatable bonds is 6. The zero-order chi connectivity index (χ0) is 13.9. The van der Waals surface area contributed by atoms with Crippen LogP contribution in [0.3, 0.4) is 0 Å². The molecule has 2 heterocycles. The standard InChI is InChI=1S/C14H16N2OS3/c1-10-7-19-14(15-10)20-9-13(17)16(12-2-3-12)6-11-4-5-18-8-11/h4-5,7-8,12H,2-3,6,9H2,1H3. The lowest BCUT2D eigenvalue weighted by Gasteiger charge is -2.21. The van der Waals surface area contributed by atoms with E-state index in [2.05, 4.69) is 21.8 Å². The zero-order valence-electron chi connectivity index (χ0n) is 11.2. The second kappa shape index (κ2) is 6.28. The van der Waals surface area contributed by atoms with Crippen molar-refractivity contribution in [3.8, 4) is 0 Å². The van der Waals surface area contributed by atoms with Crippen LogP contribution < -0.4 is 0 Å². The molecule has 0 unspecified atom stereocenters. The first-order chi connectivity index (χ1) is 9.72. The Morgan fingerprint density at radius 1 is 1.50 bits per heavy atom. The van der Waals surface area contributed by atoms with Gasteiger partial charge in [-0.15, -0.1) is 11.3 Å². The molecule has 0 radical (unpaired) electrons. The van der Waals surface area contributed by atoms with Gasteiger partial charge in [0.2, 0.25) is 5.91 Å². The first-order valence-electron chi connectivity index (χ1n) is 6.58. The quantitative estimate of drug-likeness (QED) is 0.758. The van der Waals surface area contributed by atoms with E-state index >= 15 is 0 Å². The Labute approximate surface area is 131 Å². The molecule has 3 rings (SSSR count). The van der Waals surface area contributed by atoms with Crippen LogP contribution in [0.1, 0.15) is 24.1 Å². The highest BCUT2D eigenvalue weighted by Gasteiger charge is 2.32. The summed E-state index contributed by atoms with van der Waals surface area (Å²) in [6, 6.07) is 2.56. The summed E-state index contributed by atoms with van der Waals surface area (Å²) in [6.07, 6.45) is 2.30. The third kappa shape index (κ3) is 3.62. The number of hydrogen-bond acceptors (Lipinski definition) is 5. The van der Waals surface area contributed by atoms with Crippen molar-refractivity contribution >= 4 is 40.3 Å². The first-order valence-corrected chi connectivity index (χ1v) is 9.38. The molecule has 106 valence electrons. The molecule has 1 saturated carbocycles. The SMILES string of the molecule is Cc1csc(SCC(=O)N(Cc2ccsc2)C2CC2)n1. The van der Waals surface area contributed by atoms with Gasteiger partial charge in [0.15, 0.2) is 4.34 Å². The monoisotopic (exact) mass is 324 g/mol. The Morgan fingerprint density at radius 3 is 2.95 bits per heavy atom. The molecule has 2 aromatic heterocycles. The molecule has 2 aromatic rings. The molecule has 0 bridgehead atoms. The van der Waals surface area contributed by atoms with Crippen LogP contribution in [0.5, 0.6) is 0 Å². The average molecular weight is 324 g/mol. The topological polar surface area (TPSA) is 33.2 Å². The maximum atomic E-state index is 12.4. The summed E-state index contributed by atoms with van der Waals surface area (Å²) in [5.41, 5.74) is 2.27. The molecule has 0 saturated heterocycles. The van der Waals surface area contributed by atoms with Gasteiger partial charge in [0.25, 0.3) is 0 Å². The molecule has 3 nitrogen and oxygen atoms in total. The van der Waals surface area contributed by atoms with Gasteiger partial charge in [-0.25, -0.2) is 4.98 Å². The van der Waals surface area contributed by atoms with Gasteiger partial charge >= 0.3 is 0 Å². The highest BCUT2D eigenvalue weighted by molar-refractivity contribution is 8.01. The molecular weight excluding hydrogens is 308 g/mol. The van der Waals surface area contributed by atoms with Gasteiger partial charge in [-0.1, -0.05) is 11.8 Å². The number of nitrogens with zero attached hydrogens (tertiary/aromatic N) is 2. The van der Waals surface area contributed by atoms with E-state index in [4.69, 9.17) is 0 Å². The third-order valence-corrected chi connectivity index (χ3v) is 6.01. The molecule has 1 amide bonds. The average Bonchev–Trinajstić information content (AvgIpc) is 2.97. The van der Waals surface area contributed by atoms with E-state index in [1.165, 1.54) is 5.56 Å². The largest absolute Gasteiger partial charge is 0.335 e. The normalized spacial score (nSPS) is 14.4. The Kier molecular flexibility index (Phi) is 4.43. The molecule has 1 fully saturated rings. The molecule has 1 aliphatic rings. The lowest BCUT2D eigenvalue weighted by molar-refractivity contribution is -0.129.